The van der Waals surface area contributed by atoms with Gasteiger partial charge in [-0.1, -0.05) is 38.5 Å². The van der Waals surface area contributed by atoms with Gasteiger partial charge < -0.3 is 10.2 Å². The van der Waals surface area contributed by atoms with Gasteiger partial charge in [0.15, 0.2) is 0 Å². The Morgan fingerprint density at radius 3 is 2.35 bits per heavy atom. The standard InChI is InChI=1S/C40H53N5O6Se/c1-5-26(2)36-40(50)44-23-15-14-21-34(44)39(49)41-31(19-10-7-11-22-35(46)27(3)52-29-16-8-6-9-17-29)37(47)42-32(38(48)43-36)24-28-25-45(51-4)33-20-13-12-18-30(28)33/h6,8-9,12-13,16-18,20,25-27,31-32,34,36H,5,7,10-11,14-15,19,21-24H2,1-4H3,(H,41,49)(H,42,47)(H,43,48)/t26?,27?,31?,32-,34+,36-/m0/s1. The molecule has 2 aromatic carbocycles. The van der Waals surface area contributed by atoms with Gasteiger partial charge in [-0.15, -0.1) is 0 Å². The molecule has 3 aromatic rings. The van der Waals surface area contributed by atoms with E-state index in [0.29, 0.717) is 51.5 Å². The number of para-hydroxylation sites is 1. The van der Waals surface area contributed by atoms with E-state index in [9.17, 15) is 24.0 Å². The Balaban J connectivity index is 1.34. The fourth-order valence-corrected chi connectivity index (χ4v) is 9.19. The third kappa shape index (κ3) is 9.63. The van der Waals surface area contributed by atoms with Crippen molar-refractivity contribution in [3.8, 4) is 0 Å². The van der Waals surface area contributed by atoms with Crippen LogP contribution in [0.5, 0.6) is 0 Å². The first-order valence-electron chi connectivity index (χ1n) is 18.7. The number of ketones is 1. The van der Waals surface area contributed by atoms with E-state index < -0.39 is 36.0 Å². The molecule has 0 spiro atoms. The number of unbranched alkanes of at least 4 members (excludes halogenated alkanes) is 2. The van der Waals surface area contributed by atoms with Gasteiger partial charge in [-0.3, -0.25) is 9.59 Å². The molecule has 12 heteroatoms. The maximum atomic E-state index is 14.2. The Hall–Kier alpha value is -4.15. The molecule has 0 aliphatic carbocycles. The van der Waals surface area contributed by atoms with Crippen molar-refractivity contribution >= 4 is 59.7 Å². The number of amides is 4. The second kappa shape index (κ2) is 18.6. The normalized spacial score (nSPS) is 22.7. The molecule has 3 unspecified atom stereocenters. The Bertz CT molecular complexity index is 1710. The smallest absolute Gasteiger partial charge is 0.272 e. The maximum absolute atomic E-state index is 14.2. The predicted molar refractivity (Wildman–Crippen MR) is 202 cm³/mol. The van der Waals surface area contributed by atoms with Crippen molar-refractivity contribution in [1.29, 1.82) is 0 Å². The van der Waals surface area contributed by atoms with E-state index in [-0.39, 0.29) is 49.7 Å². The minimum absolute atomic E-state index is 0.0201. The number of carbonyl (C=O) groups is 5. The summed E-state index contributed by atoms with van der Waals surface area (Å²) in [6, 6.07) is 14.2. The Morgan fingerprint density at radius 2 is 1.60 bits per heavy atom. The molecule has 52 heavy (non-hydrogen) atoms. The molecule has 3 heterocycles. The van der Waals surface area contributed by atoms with Gasteiger partial charge in [0.1, 0.15) is 13.2 Å². The van der Waals surface area contributed by atoms with Gasteiger partial charge in [0.2, 0.25) is 5.91 Å². The molecule has 2 saturated heterocycles. The van der Waals surface area contributed by atoms with Gasteiger partial charge in [-0.25, -0.2) is 0 Å². The first-order valence-corrected chi connectivity index (χ1v) is 20.5. The number of aromatic nitrogens is 1. The number of rotatable bonds is 14. The van der Waals surface area contributed by atoms with Crippen LogP contribution in [0.4, 0.5) is 0 Å². The van der Waals surface area contributed by atoms with E-state index >= 15 is 0 Å². The van der Waals surface area contributed by atoms with Gasteiger partial charge in [-0.05, 0) is 30.4 Å². The number of hydrogen-bond donors (Lipinski definition) is 3. The van der Waals surface area contributed by atoms with Gasteiger partial charge in [0.05, 0.1) is 5.52 Å². The van der Waals surface area contributed by atoms with E-state index in [1.54, 1.807) is 22.9 Å². The van der Waals surface area contributed by atoms with Crippen molar-refractivity contribution in [2.24, 2.45) is 5.92 Å². The van der Waals surface area contributed by atoms with Gasteiger partial charge in [0.25, 0.3) is 0 Å². The third-order valence-corrected chi connectivity index (χ3v) is 12.9. The number of fused-ring (bicyclic) bond motifs is 2. The molecule has 6 atom stereocenters. The first-order chi connectivity index (χ1) is 25.1. The van der Waals surface area contributed by atoms with Crippen molar-refractivity contribution in [1.82, 2.24) is 25.6 Å². The molecule has 4 amide bonds. The molecule has 0 bridgehead atoms. The average molecular weight is 779 g/mol. The van der Waals surface area contributed by atoms with Crippen molar-refractivity contribution in [2.45, 2.75) is 114 Å². The number of carbonyl (C=O) groups excluding carboxylic acids is 5. The molecule has 280 valence electrons. The summed E-state index contributed by atoms with van der Waals surface area (Å²) in [6.45, 7) is 6.28. The zero-order chi connectivity index (χ0) is 37.2. The third-order valence-electron chi connectivity index (χ3n) is 10.4. The fourth-order valence-electron chi connectivity index (χ4n) is 7.15. The van der Waals surface area contributed by atoms with Gasteiger partial charge in [0, 0.05) is 18.1 Å². The number of hydrogen-bond acceptors (Lipinski definition) is 6. The summed E-state index contributed by atoms with van der Waals surface area (Å²) >= 11 is 0.0681. The molecular weight excluding hydrogens is 725 g/mol. The van der Waals surface area contributed by atoms with E-state index in [1.165, 1.54) is 4.46 Å². The topological polar surface area (TPSA) is 139 Å². The summed E-state index contributed by atoms with van der Waals surface area (Å²) in [5.41, 5.74) is 1.61. The van der Waals surface area contributed by atoms with E-state index in [0.717, 1.165) is 29.3 Å². The van der Waals surface area contributed by atoms with Gasteiger partial charge >= 0.3 is 178 Å². The zero-order valence-corrected chi connectivity index (χ0v) is 32.5. The molecular formula is C40H53N5O6Se. The van der Waals surface area contributed by atoms with Crippen LogP contribution in [-0.2, 0) is 30.4 Å². The molecule has 5 rings (SSSR count). The summed E-state index contributed by atoms with van der Waals surface area (Å²) in [6.07, 6.45) is 7.43. The number of Topliss-reactive ketones (excluding diaryl/α,β-unsaturated/α-hetero) is 1. The summed E-state index contributed by atoms with van der Waals surface area (Å²) in [5, 5.41) is 9.83. The van der Waals surface area contributed by atoms with Crippen LogP contribution >= 0.6 is 0 Å². The summed E-state index contributed by atoms with van der Waals surface area (Å²) < 4.78 is 2.82. The molecule has 0 radical (unpaired) electrons. The Kier molecular flexibility index (Phi) is 13.9. The summed E-state index contributed by atoms with van der Waals surface area (Å²) in [4.78, 5) is 76.4. The van der Waals surface area contributed by atoms with Crippen LogP contribution in [0.3, 0.4) is 0 Å². The van der Waals surface area contributed by atoms with Crippen LogP contribution in [0.1, 0.15) is 84.1 Å². The van der Waals surface area contributed by atoms with Crippen LogP contribution in [0.2, 0.25) is 4.82 Å². The minimum Gasteiger partial charge on any atom is -0.272 e. The van der Waals surface area contributed by atoms with Crippen LogP contribution in [-0.4, -0.2) is 91.8 Å². The zero-order valence-electron chi connectivity index (χ0n) is 30.8. The SMILES string of the molecule is CCC(C)[C@@H]1NC(=O)[C@H](Cc2cn(OC)c3ccccc23)NC(=O)C(CCCCCC(=O)C(C)[Se]c2ccccc2)NC(=O)[C@H]2CCCCN2C1=O. The Morgan fingerprint density at radius 1 is 0.885 bits per heavy atom. The molecule has 3 N–H and O–H groups in total. The van der Waals surface area contributed by atoms with Crippen LogP contribution in [0.15, 0.2) is 60.8 Å². The summed E-state index contributed by atoms with van der Waals surface area (Å²) in [7, 11) is 1.56. The quantitative estimate of drug-likeness (QED) is 0.169. The average Bonchev–Trinajstić information content (AvgIpc) is 3.52. The first kappa shape index (κ1) is 39.1. The van der Waals surface area contributed by atoms with Crippen LogP contribution in [0.25, 0.3) is 10.9 Å². The molecule has 2 aliphatic rings. The number of nitrogens with zero attached hydrogens (tertiary/aromatic N) is 2. The number of piperidine rings is 1. The number of nitrogens with one attached hydrogen (secondary N) is 3. The second-order valence-electron chi connectivity index (χ2n) is 14.1. The van der Waals surface area contributed by atoms with Crippen LogP contribution in [0, 0.1) is 5.92 Å². The molecule has 1 aromatic heterocycles. The summed E-state index contributed by atoms with van der Waals surface area (Å²) in [5.74, 6) is -1.48. The Labute approximate surface area is 313 Å². The predicted octanol–water partition coefficient (Wildman–Crippen LogP) is 3.50. The van der Waals surface area contributed by atoms with E-state index in [1.807, 2.05) is 63.2 Å². The van der Waals surface area contributed by atoms with Crippen molar-refractivity contribution < 1.29 is 28.8 Å². The van der Waals surface area contributed by atoms with Crippen molar-refractivity contribution in [2.75, 3.05) is 13.7 Å². The molecule has 11 nitrogen and oxygen atoms in total. The monoisotopic (exact) mass is 779 g/mol. The van der Waals surface area contributed by atoms with Gasteiger partial charge in [-0.2, -0.15) is 4.73 Å². The number of benzene rings is 2. The van der Waals surface area contributed by atoms with E-state index in [4.69, 9.17) is 4.84 Å². The molecule has 2 fully saturated rings. The van der Waals surface area contributed by atoms with Crippen molar-refractivity contribution in [3.05, 3.63) is 66.4 Å². The second-order valence-corrected chi connectivity index (χ2v) is 17.0. The van der Waals surface area contributed by atoms with Crippen molar-refractivity contribution in [3.63, 3.8) is 0 Å². The van der Waals surface area contributed by atoms with Crippen LogP contribution < -0.4 is 25.2 Å². The van der Waals surface area contributed by atoms with E-state index in [2.05, 4.69) is 28.1 Å². The molecule has 2 aliphatic heterocycles. The fraction of sp³-hybridized carbons (Fsp3) is 0.525. The molecule has 0 saturated carbocycles. The minimum atomic E-state index is -1.02.